The molecule has 9 heteroatoms. The molecule has 1 aliphatic heterocycles. The lowest BCUT2D eigenvalue weighted by atomic mass is 9.95. The number of amides is 2. The zero-order chi connectivity index (χ0) is 22.9. The number of thiophene rings is 1. The van der Waals surface area contributed by atoms with Gasteiger partial charge in [-0.2, -0.15) is 0 Å². The van der Waals surface area contributed by atoms with Crippen LogP contribution in [-0.4, -0.2) is 36.6 Å². The van der Waals surface area contributed by atoms with Gasteiger partial charge in [0.15, 0.2) is 24.7 Å². The molecule has 0 fully saturated rings. The van der Waals surface area contributed by atoms with Crippen LogP contribution in [0.1, 0.15) is 53.1 Å². The number of ether oxygens (including phenoxy) is 3. The van der Waals surface area contributed by atoms with Crippen LogP contribution in [0.3, 0.4) is 0 Å². The number of fused-ring (bicyclic) bond motifs is 2. The van der Waals surface area contributed by atoms with E-state index in [1.165, 1.54) is 11.3 Å². The first kappa shape index (κ1) is 22.1. The molecule has 0 unspecified atom stereocenters. The van der Waals surface area contributed by atoms with Crippen molar-refractivity contribution in [3.8, 4) is 11.5 Å². The Labute approximate surface area is 190 Å². The Hall–Kier alpha value is -3.07. The van der Waals surface area contributed by atoms with Gasteiger partial charge in [0, 0.05) is 16.9 Å². The predicted octanol–water partition coefficient (Wildman–Crippen LogP) is 3.00. The Balaban J connectivity index is 1.30. The van der Waals surface area contributed by atoms with Crippen molar-refractivity contribution in [1.82, 2.24) is 0 Å². The molecule has 0 saturated heterocycles. The van der Waals surface area contributed by atoms with Crippen molar-refractivity contribution in [1.29, 1.82) is 0 Å². The molecular formula is C23H26N2O6S. The molecule has 0 saturated carbocycles. The number of hydrogen-bond acceptors (Lipinski definition) is 7. The second-order valence-corrected chi connectivity index (χ2v) is 9.66. The van der Waals surface area contributed by atoms with Crippen molar-refractivity contribution in [3.05, 3.63) is 39.8 Å². The molecule has 1 aliphatic carbocycles. The van der Waals surface area contributed by atoms with Gasteiger partial charge in [0.2, 0.25) is 0 Å². The smallest absolute Gasteiger partial charge is 0.344 e. The number of nitrogens with two attached hydrogens (primary N) is 1. The van der Waals surface area contributed by atoms with E-state index in [0.29, 0.717) is 22.1 Å². The summed E-state index contributed by atoms with van der Waals surface area (Å²) in [7, 11) is 0. The highest BCUT2D eigenvalue weighted by atomic mass is 32.1. The monoisotopic (exact) mass is 458 g/mol. The fourth-order valence-corrected chi connectivity index (χ4v) is 5.41. The van der Waals surface area contributed by atoms with Gasteiger partial charge in [-0.15, -0.1) is 11.3 Å². The van der Waals surface area contributed by atoms with Crippen LogP contribution in [-0.2, 0) is 33.6 Å². The summed E-state index contributed by atoms with van der Waals surface area (Å²) in [6, 6.07) is 5.53. The highest BCUT2D eigenvalue weighted by Crippen LogP contribution is 2.41. The summed E-state index contributed by atoms with van der Waals surface area (Å²) in [4.78, 5) is 37.4. The minimum absolute atomic E-state index is 0.328. The number of nitrogens with one attached hydrogen (secondary N) is 1. The molecule has 0 bridgehead atoms. The van der Waals surface area contributed by atoms with E-state index in [2.05, 4.69) is 5.32 Å². The fourth-order valence-electron chi connectivity index (χ4n) is 4.10. The average Bonchev–Trinajstić information content (AvgIpc) is 3.26. The van der Waals surface area contributed by atoms with Crippen molar-refractivity contribution < 1.29 is 28.6 Å². The van der Waals surface area contributed by atoms with E-state index >= 15 is 0 Å². The highest BCUT2D eigenvalue weighted by Gasteiger charge is 2.32. The number of carbonyl (C=O) groups excluding carboxylic acids is 3. The summed E-state index contributed by atoms with van der Waals surface area (Å²) in [6.45, 7) is 3.13. The third-order valence-corrected chi connectivity index (χ3v) is 6.64. The molecular weight excluding hydrogens is 432 g/mol. The molecule has 2 heterocycles. The van der Waals surface area contributed by atoms with Crippen molar-refractivity contribution in [3.63, 3.8) is 0 Å². The minimum atomic E-state index is -0.685. The van der Waals surface area contributed by atoms with Gasteiger partial charge >= 0.3 is 5.97 Å². The molecule has 2 aliphatic rings. The number of primary amides is 1. The third-order valence-electron chi connectivity index (χ3n) is 5.44. The second kappa shape index (κ2) is 8.82. The summed E-state index contributed by atoms with van der Waals surface area (Å²) in [6.07, 6.45) is 4.43. The topological polar surface area (TPSA) is 117 Å². The maximum absolute atomic E-state index is 12.3. The molecule has 2 amide bonds. The van der Waals surface area contributed by atoms with Gasteiger partial charge in [-0.3, -0.25) is 9.59 Å². The molecule has 1 aromatic heterocycles. The number of hydrogen-bond donors (Lipinski definition) is 2. The molecule has 2 aromatic rings. The van der Waals surface area contributed by atoms with Crippen molar-refractivity contribution in [2.75, 3.05) is 18.5 Å². The van der Waals surface area contributed by atoms with E-state index in [0.717, 1.165) is 48.1 Å². The normalized spacial score (nSPS) is 15.8. The number of esters is 1. The van der Waals surface area contributed by atoms with Crippen LogP contribution in [0.5, 0.6) is 11.5 Å². The average molecular weight is 459 g/mol. The summed E-state index contributed by atoms with van der Waals surface area (Å²) in [5, 5.41) is 3.08. The van der Waals surface area contributed by atoms with Crippen molar-refractivity contribution in [2.24, 2.45) is 5.73 Å². The number of aryl methyl sites for hydroxylation is 1. The summed E-state index contributed by atoms with van der Waals surface area (Å²) >= 11 is 1.36. The highest BCUT2D eigenvalue weighted by molar-refractivity contribution is 7.17. The summed E-state index contributed by atoms with van der Waals surface area (Å²) in [5.41, 5.74) is 7.52. The van der Waals surface area contributed by atoms with Crippen molar-refractivity contribution >= 4 is 34.1 Å². The Morgan fingerprint density at radius 3 is 2.75 bits per heavy atom. The maximum atomic E-state index is 12.3. The van der Waals surface area contributed by atoms with Crippen molar-refractivity contribution in [2.45, 2.75) is 51.6 Å². The Bertz CT molecular complexity index is 1070. The molecule has 170 valence electrons. The van der Waals surface area contributed by atoms with Gasteiger partial charge in [-0.05, 0) is 51.2 Å². The quantitative estimate of drug-likeness (QED) is 0.616. The van der Waals surface area contributed by atoms with E-state index in [1.54, 1.807) is 6.07 Å². The van der Waals surface area contributed by atoms with E-state index in [1.807, 2.05) is 26.0 Å². The molecule has 32 heavy (non-hydrogen) atoms. The van der Waals surface area contributed by atoms with E-state index in [9.17, 15) is 14.4 Å². The first-order chi connectivity index (χ1) is 15.2. The van der Waals surface area contributed by atoms with Crippen LogP contribution in [0.2, 0.25) is 0 Å². The number of benzene rings is 1. The van der Waals surface area contributed by atoms with Crippen LogP contribution in [0, 0.1) is 0 Å². The van der Waals surface area contributed by atoms with Gasteiger partial charge in [0.05, 0.1) is 5.56 Å². The summed E-state index contributed by atoms with van der Waals surface area (Å²) in [5.74, 6) is -0.694. The molecule has 0 atom stereocenters. The fraction of sp³-hybridized carbons (Fsp3) is 0.435. The molecule has 1 aromatic carbocycles. The summed E-state index contributed by atoms with van der Waals surface area (Å²) < 4.78 is 16.5. The zero-order valence-corrected chi connectivity index (χ0v) is 18.9. The lowest BCUT2D eigenvalue weighted by molar-refractivity contribution is -0.149. The number of anilines is 1. The van der Waals surface area contributed by atoms with E-state index in [-0.39, 0.29) is 12.2 Å². The lowest BCUT2D eigenvalue weighted by Gasteiger charge is -2.18. The molecule has 3 N–H and O–H groups in total. The number of rotatable bonds is 7. The predicted molar refractivity (Wildman–Crippen MR) is 119 cm³/mol. The van der Waals surface area contributed by atoms with Gasteiger partial charge in [-0.1, -0.05) is 12.1 Å². The van der Waals surface area contributed by atoms with Gasteiger partial charge in [0.1, 0.15) is 10.6 Å². The van der Waals surface area contributed by atoms with Crippen LogP contribution in [0.25, 0.3) is 0 Å². The zero-order valence-electron chi connectivity index (χ0n) is 18.1. The Morgan fingerprint density at radius 2 is 1.97 bits per heavy atom. The molecule has 8 nitrogen and oxygen atoms in total. The largest absolute Gasteiger partial charge is 0.483 e. The first-order valence-corrected chi connectivity index (χ1v) is 11.4. The van der Waals surface area contributed by atoms with Gasteiger partial charge in [0.25, 0.3) is 11.8 Å². The number of carbonyl (C=O) groups is 3. The SMILES string of the molecule is CC1(C)Cc2cccc(OCC(=O)OCC(=O)Nc3sc4c(c3C(N)=O)CCCC4)c2O1. The standard InChI is InChI=1S/C23H26N2O6S/c1-23(2)10-13-6-5-8-15(20(13)31-23)29-12-18(27)30-11-17(26)25-22-19(21(24)28)14-7-3-4-9-16(14)32-22/h5-6,8H,3-4,7,9-12H2,1-2H3,(H2,24,28)(H,25,26). The van der Waals surface area contributed by atoms with Gasteiger partial charge < -0.3 is 25.3 Å². The molecule has 4 rings (SSSR count). The maximum Gasteiger partial charge on any atom is 0.344 e. The van der Waals surface area contributed by atoms with Crippen LogP contribution < -0.4 is 20.5 Å². The second-order valence-electron chi connectivity index (χ2n) is 8.56. The van der Waals surface area contributed by atoms with Crippen LogP contribution in [0.4, 0.5) is 5.00 Å². The Morgan fingerprint density at radius 1 is 1.19 bits per heavy atom. The van der Waals surface area contributed by atoms with Crippen LogP contribution >= 0.6 is 11.3 Å². The minimum Gasteiger partial charge on any atom is -0.483 e. The van der Waals surface area contributed by atoms with Crippen LogP contribution in [0.15, 0.2) is 18.2 Å². The Kier molecular flexibility index (Phi) is 6.10. The molecule has 0 spiro atoms. The lowest BCUT2D eigenvalue weighted by Crippen LogP contribution is -2.25. The first-order valence-electron chi connectivity index (χ1n) is 10.6. The van der Waals surface area contributed by atoms with E-state index in [4.69, 9.17) is 19.9 Å². The third kappa shape index (κ3) is 4.72. The van der Waals surface area contributed by atoms with Gasteiger partial charge in [-0.25, -0.2) is 4.79 Å². The van der Waals surface area contributed by atoms with E-state index < -0.39 is 24.4 Å². The number of para-hydroxylation sites is 1. The molecule has 0 radical (unpaired) electrons.